The van der Waals surface area contributed by atoms with Gasteiger partial charge in [0.1, 0.15) is 0 Å². The maximum atomic E-state index is 12.1. The molecule has 0 heterocycles. The van der Waals surface area contributed by atoms with E-state index in [9.17, 15) is 4.79 Å². The molecule has 0 amide bonds. The highest BCUT2D eigenvalue weighted by Gasteiger charge is 2.29. The molecule has 0 saturated heterocycles. The largest absolute Gasteiger partial charge is 0.294 e. The fraction of sp³-hybridized carbons (Fsp3) is 0.588. The molecular weight excluding hydrogens is 220 g/mol. The molecule has 0 N–H and O–H groups in total. The fourth-order valence-corrected chi connectivity index (χ4v) is 3.55. The Labute approximate surface area is 111 Å². The minimum Gasteiger partial charge on any atom is -0.294 e. The van der Waals surface area contributed by atoms with Crippen LogP contribution in [0.4, 0.5) is 0 Å². The first kappa shape index (κ1) is 13.3. The number of hydrogen-bond acceptors (Lipinski definition) is 1. The number of allylic oxidation sites excluding steroid dienone is 5. The molecule has 0 aromatic rings. The highest BCUT2D eigenvalue weighted by molar-refractivity contribution is 5.99. The van der Waals surface area contributed by atoms with Crippen molar-refractivity contribution in [2.45, 2.75) is 53.4 Å². The molecular formula is C17H24O. The van der Waals surface area contributed by atoms with Crippen molar-refractivity contribution in [2.24, 2.45) is 11.8 Å². The van der Waals surface area contributed by atoms with Gasteiger partial charge in [-0.25, -0.2) is 0 Å². The molecule has 18 heavy (non-hydrogen) atoms. The zero-order valence-electron chi connectivity index (χ0n) is 12.1. The van der Waals surface area contributed by atoms with Gasteiger partial charge in [-0.2, -0.15) is 0 Å². The van der Waals surface area contributed by atoms with Crippen molar-refractivity contribution in [3.63, 3.8) is 0 Å². The lowest BCUT2D eigenvalue weighted by Crippen LogP contribution is -2.05. The quantitative estimate of drug-likeness (QED) is 0.649. The molecule has 0 radical (unpaired) electrons. The van der Waals surface area contributed by atoms with E-state index in [1.54, 1.807) is 6.92 Å². The van der Waals surface area contributed by atoms with Gasteiger partial charge in [0.05, 0.1) is 0 Å². The van der Waals surface area contributed by atoms with E-state index in [-0.39, 0.29) is 5.78 Å². The van der Waals surface area contributed by atoms with Crippen molar-refractivity contribution in [3.8, 4) is 0 Å². The summed E-state index contributed by atoms with van der Waals surface area (Å²) in [6.45, 7) is 12.6. The van der Waals surface area contributed by atoms with E-state index < -0.39 is 0 Å². The van der Waals surface area contributed by atoms with Crippen molar-refractivity contribution in [1.82, 2.24) is 0 Å². The number of carbonyl (C=O) groups excluding carboxylic acids is 1. The maximum absolute atomic E-state index is 12.1. The molecule has 0 aromatic carbocycles. The summed E-state index contributed by atoms with van der Waals surface area (Å²) < 4.78 is 0. The van der Waals surface area contributed by atoms with E-state index in [2.05, 4.69) is 27.4 Å². The van der Waals surface area contributed by atoms with Crippen molar-refractivity contribution in [3.05, 3.63) is 34.4 Å². The Morgan fingerprint density at radius 3 is 2.11 bits per heavy atom. The van der Waals surface area contributed by atoms with E-state index in [1.807, 2.05) is 0 Å². The van der Waals surface area contributed by atoms with Crippen molar-refractivity contribution in [1.29, 1.82) is 0 Å². The van der Waals surface area contributed by atoms with E-state index >= 15 is 0 Å². The number of rotatable bonds is 2. The molecule has 2 aliphatic rings. The molecule has 2 unspecified atom stereocenters. The molecule has 98 valence electrons. The molecule has 0 aliphatic heterocycles. The third-order valence-corrected chi connectivity index (χ3v) is 4.25. The lowest BCUT2D eigenvalue weighted by molar-refractivity contribution is -0.113. The zero-order valence-corrected chi connectivity index (χ0v) is 12.1. The fourth-order valence-electron chi connectivity index (χ4n) is 3.55. The van der Waals surface area contributed by atoms with Gasteiger partial charge >= 0.3 is 0 Å². The van der Waals surface area contributed by atoms with Gasteiger partial charge in [-0.15, -0.1) is 0 Å². The highest BCUT2D eigenvalue weighted by atomic mass is 16.1. The summed E-state index contributed by atoms with van der Waals surface area (Å²) >= 11 is 0. The minimum absolute atomic E-state index is 0.226. The summed E-state index contributed by atoms with van der Waals surface area (Å²) in [7, 11) is 0. The molecule has 0 aromatic heterocycles. The van der Waals surface area contributed by atoms with Gasteiger partial charge in [-0.05, 0) is 62.5 Å². The average Bonchev–Trinajstić information content (AvgIpc) is 2.71. The Morgan fingerprint density at radius 2 is 1.72 bits per heavy atom. The average molecular weight is 244 g/mol. The van der Waals surface area contributed by atoms with Gasteiger partial charge < -0.3 is 0 Å². The molecule has 2 rings (SSSR count). The maximum Gasteiger partial charge on any atom is 0.160 e. The predicted octanol–water partition coefficient (Wildman–Crippen LogP) is 4.60. The molecule has 2 atom stereocenters. The van der Waals surface area contributed by atoms with Crippen LogP contribution in [-0.4, -0.2) is 5.78 Å². The highest BCUT2D eigenvalue weighted by Crippen LogP contribution is 2.42. The monoisotopic (exact) mass is 244 g/mol. The van der Waals surface area contributed by atoms with Crippen LogP contribution in [0.1, 0.15) is 53.4 Å². The van der Waals surface area contributed by atoms with E-state index in [0.717, 1.165) is 31.3 Å². The molecule has 1 saturated carbocycles. The van der Waals surface area contributed by atoms with Crippen molar-refractivity contribution in [2.75, 3.05) is 0 Å². The number of ketones is 1. The Balaban J connectivity index is 2.48. The Hall–Kier alpha value is -1.11. The van der Waals surface area contributed by atoms with Crippen LogP contribution in [-0.2, 0) is 4.79 Å². The third kappa shape index (κ3) is 2.36. The van der Waals surface area contributed by atoms with Gasteiger partial charge in [0, 0.05) is 5.57 Å². The topological polar surface area (TPSA) is 17.1 Å². The molecule has 0 spiro atoms. The third-order valence-electron chi connectivity index (χ3n) is 4.25. The van der Waals surface area contributed by atoms with E-state index in [4.69, 9.17) is 0 Å². The lowest BCUT2D eigenvalue weighted by atomic mass is 9.91. The van der Waals surface area contributed by atoms with Crippen LogP contribution in [0.2, 0.25) is 0 Å². The summed E-state index contributed by atoms with van der Waals surface area (Å²) in [5.41, 5.74) is 6.17. The first-order chi connectivity index (χ1) is 8.40. The number of hydrogen-bond donors (Lipinski definition) is 0. The van der Waals surface area contributed by atoms with Crippen LogP contribution in [0.3, 0.4) is 0 Å². The summed E-state index contributed by atoms with van der Waals surface area (Å²) in [5.74, 6) is 1.55. The Morgan fingerprint density at radius 1 is 1.11 bits per heavy atom. The van der Waals surface area contributed by atoms with Crippen LogP contribution in [0.5, 0.6) is 0 Å². The van der Waals surface area contributed by atoms with Gasteiger partial charge in [0.15, 0.2) is 5.78 Å². The SMILES string of the molecule is C=C1CC(C)C/C1=C(\C(C)=O)C1=C(C)CC(C)C1. The van der Waals surface area contributed by atoms with Crippen LogP contribution >= 0.6 is 0 Å². The lowest BCUT2D eigenvalue weighted by Gasteiger charge is -2.13. The molecule has 1 nitrogen and oxygen atoms in total. The van der Waals surface area contributed by atoms with Gasteiger partial charge in [-0.1, -0.05) is 31.6 Å². The van der Waals surface area contributed by atoms with Gasteiger partial charge in [-0.3, -0.25) is 4.79 Å². The Bertz CT molecular complexity index is 462. The second kappa shape index (κ2) is 4.87. The van der Waals surface area contributed by atoms with Crippen LogP contribution in [0, 0.1) is 11.8 Å². The predicted molar refractivity (Wildman–Crippen MR) is 76.3 cm³/mol. The summed E-state index contributed by atoms with van der Waals surface area (Å²) in [4.78, 5) is 12.1. The van der Waals surface area contributed by atoms with Gasteiger partial charge in [0.25, 0.3) is 0 Å². The summed E-state index contributed by atoms with van der Waals surface area (Å²) in [5, 5.41) is 0. The van der Waals surface area contributed by atoms with Gasteiger partial charge in [0.2, 0.25) is 0 Å². The van der Waals surface area contributed by atoms with E-state index in [0.29, 0.717) is 11.8 Å². The first-order valence-corrected chi connectivity index (χ1v) is 7.01. The van der Waals surface area contributed by atoms with Crippen molar-refractivity contribution < 1.29 is 4.79 Å². The standard InChI is InChI=1S/C17H24O/c1-10-6-12(3)15(8-10)17(14(5)18)16-9-11(2)7-13(16)4/h10-11H,3,6-9H2,1-2,4-5H3/b17-15-. The molecule has 0 bridgehead atoms. The normalized spacial score (nSPS) is 31.2. The molecule has 2 aliphatic carbocycles. The van der Waals surface area contributed by atoms with E-state index in [1.165, 1.54) is 22.3 Å². The summed E-state index contributed by atoms with van der Waals surface area (Å²) in [6, 6.07) is 0. The second-order valence-corrected chi connectivity index (χ2v) is 6.30. The van der Waals surface area contributed by atoms with Crippen LogP contribution in [0.15, 0.2) is 34.4 Å². The Kier molecular flexibility index (Phi) is 3.61. The minimum atomic E-state index is 0.226. The smallest absolute Gasteiger partial charge is 0.160 e. The second-order valence-electron chi connectivity index (χ2n) is 6.30. The first-order valence-electron chi connectivity index (χ1n) is 7.01. The zero-order chi connectivity index (χ0) is 13.4. The van der Waals surface area contributed by atoms with Crippen LogP contribution < -0.4 is 0 Å². The summed E-state index contributed by atoms with van der Waals surface area (Å²) in [6.07, 6.45) is 4.28. The van der Waals surface area contributed by atoms with Crippen LogP contribution in [0.25, 0.3) is 0 Å². The molecule has 1 heteroatoms. The molecule has 1 fully saturated rings. The number of carbonyl (C=O) groups is 1. The number of Topliss-reactive ketones (excluding diaryl/α,β-unsaturated/α-hetero) is 1. The van der Waals surface area contributed by atoms with Crippen molar-refractivity contribution >= 4 is 5.78 Å².